The number of carbonyl (C=O) groups is 2. The van der Waals surface area contributed by atoms with Crippen molar-refractivity contribution in [3.05, 3.63) is 0 Å². The summed E-state index contributed by atoms with van der Waals surface area (Å²) in [6.07, 6.45) is 12.6. The summed E-state index contributed by atoms with van der Waals surface area (Å²) in [5, 5.41) is 0. The van der Waals surface area contributed by atoms with Crippen LogP contribution in [0.5, 0.6) is 0 Å². The molecule has 2 heterocycles. The Labute approximate surface area is 182 Å². The molecule has 0 bridgehead atoms. The molecular formula is C24H41N3O3. The smallest absolute Gasteiger partial charge is 0.226 e. The van der Waals surface area contributed by atoms with Crippen molar-refractivity contribution in [2.24, 2.45) is 11.8 Å². The van der Waals surface area contributed by atoms with Crippen molar-refractivity contribution < 1.29 is 14.3 Å². The Hall–Kier alpha value is -1.14. The van der Waals surface area contributed by atoms with Gasteiger partial charge in [0.05, 0.1) is 13.2 Å². The van der Waals surface area contributed by atoms with E-state index in [-0.39, 0.29) is 12.0 Å². The molecule has 1 unspecified atom stereocenters. The molecule has 2 saturated carbocycles. The number of ether oxygens (including phenoxy) is 1. The van der Waals surface area contributed by atoms with Crippen molar-refractivity contribution in [1.29, 1.82) is 0 Å². The Morgan fingerprint density at radius 3 is 2.40 bits per heavy atom. The van der Waals surface area contributed by atoms with Crippen LogP contribution in [0.3, 0.4) is 0 Å². The zero-order valence-electron chi connectivity index (χ0n) is 18.7. The van der Waals surface area contributed by atoms with E-state index in [0.29, 0.717) is 18.2 Å². The normalized spacial score (nSPS) is 26.5. The molecular weight excluding hydrogens is 378 g/mol. The lowest BCUT2D eigenvalue weighted by molar-refractivity contribution is -0.141. The second-order valence-corrected chi connectivity index (χ2v) is 9.94. The molecule has 2 aliphatic heterocycles. The molecule has 170 valence electrons. The summed E-state index contributed by atoms with van der Waals surface area (Å²) in [4.78, 5) is 32.6. The van der Waals surface area contributed by atoms with Gasteiger partial charge in [0.15, 0.2) is 0 Å². The molecule has 2 aliphatic carbocycles. The number of likely N-dealkylation sites (tertiary alicyclic amines) is 1. The third-order valence-electron chi connectivity index (χ3n) is 7.65. The van der Waals surface area contributed by atoms with E-state index >= 15 is 0 Å². The Balaban J connectivity index is 1.29. The third kappa shape index (κ3) is 6.19. The fourth-order valence-electron chi connectivity index (χ4n) is 5.51. The van der Waals surface area contributed by atoms with Crippen LogP contribution in [-0.2, 0) is 14.3 Å². The molecule has 30 heavy (non-hydrogen) atoms. The fraction of sp³-hybridized carbons (Fsp3) is 0.917. The largest absolute Gasteiger partial charge is 0.379 e. The molecule has 6 nitrogen and oxygen atoms in total. The average molecular weight is 420 g/mol. The molecule has 2 saturated heterocycles. The number of nitrogens with zero attached hydrogens (tertiary/aromatic N) is 3. The van der Waals surface area contributed by atoms with Crippen LogP contribution in [0, 0.1) is 11.8 Å². The molecule has 0 spiro atoms. The van der Waals surface area contributed by atoms with Gasteiger partial charge in [-0.25, -0.2) is 0 Å². The molecule has 0 aromatic carbocycles. The fourth-order valence-corrected chi connectivity index (χ4v) is 5.51. The van der Waals surface area contributed by atoms with Crippen LogP contribution < -0.4 is 0 Å². The van der Waals surface area contributed by atoms with Gasteiger partial charge in [-0.1, -0.05) is 32.1 Å². The molecule has 1 atom stereocenters. The predicted molar refractivity (Wildman–Crippen MR) is 117 cm³/mol. The van der Waals surface area contributed by atoms with Crippen LogP contribution in [0.1, 0.15) is 70.6 Å². The third-order valence-corrected chi connectivity index (χ3v) is 7.65. The van der Waals surface area contributed by atoms with Gasteiger partial charge >= 0.3 is 0 Å². The lowest BCUT2D eigenvalue weighted by atomic mass is 9.86. The lowest BCUT2D eigenvalue weighted by Gasteiger charge is -2.41. The van der Waals surface area contributed by atoms with Gasteiger partial charge in [-0.05, 0) is 38.0 Å². The zero-order valence-corrected chi connectivity index (χ0v) is 18.7. The van der Waals surface area contributed by atoms with Crippen molar-refractivity contribution in [1.82, 2.24) is 14.7 Å². The monoisotopic (exact) mass is 419 g/mol. The standard InChI is InChI=1S/C24H41N3O3/c28-23(11-8-20-5-2-1-3-6-20)26-12-4-7-22(19-26)27(24(29)21-9-10-21)14-13-25-15-17-30-18-16-25/h20-22H,1-19H2. The van der Waals surface area contributed by atoms with Gasteiger partial charge in [0.2, 0.25) is 11.8 Å². The van der Waals surface area contributed by atoms with Crippen LogP contribution in [0.2, 0.25) is 0 Å². The second kappa shape index (κ2) is 10.9. The molecule has 4 aliphatic rings. The number of amides is 2. The minimum atomic E-state index is 0.200. The van der Waals surface area contributed by atoms with Gasteiger partial charge in [0.25, 0.3) is 0 Å². The van der Waals surface area contributed by atoms with E-state index in [1.165, 1.54) is 32.1 Å². The molecule has 0 aromatic heterocycles. The molecule has 4 rings (SSSR count). The number of rotatable bonds is 8. The van der Waals surface area contributed by atoms with Crippen LogP contribution >= 0.6 is 0 Å². The number of hydrogen-bond donors (Lipinski definition) is 0. The van der Waals surface area contributed by atoms with E-state index in [4.69, 9.17) is 4.74 Å². The summed E-state index contributed by atoms with van der Waals surface area (Å²) >= 11 is 0. The van der Waals surface area contributed by atoms with E-state index in [1.54, 1.807) is 0 Å². The van der Waals surface area contributed by atoms with E-state index in [1.807, 2.05) is 0 Å². The first-order valence-corrected chi connectivity index (χ1v) is 12.6. The predicted octanol–water partition coefficient (Wildman–Crippen LogP) is 2.91. The van der Waals surface area contributed by atoms with Gasteiger partial charge in [-0.2, -0.15) is 0 Å². The summed E-state index contributed by atoms with van der Waals surface area (Å²) < 4.78 is 5.46. The van der Waals surface area contributed by atoms with Crippen molar-refractivity contribution in [2.75, 3.05) is 52.5 Å². The van der Waals surface area contributed by atoms with Gasteiger partial charge < -0.3 is 14.5 Å². The topological polar surface area (TPSA) is 53.1 Å². The molecule has 4 fully saturated rings. The number of piperidine rings is 1. The summed E-state index contributed by atoms with van der Waals surface area (Å²) in [5.74, 6) is 1.65. The van der Waals surface area contributed by atoms with E-state index in [9.17, 15) is 9.59 Å². The van der Waals surface area contributed by atoms with Gasteiger partial charge in [0, 0.05) is 57.6 Å². The van der Waals surface area contributed by atoms with Crippen LogP contribution in [0.25, 0.3) is 0 Å². The Bertz CT molecular complexity index is 568. The first-order valence-electron chi connectivity index (χ1n) is 12.6. The van der Waals surface area contributed by atoms with Crippen LogP contribution in [0.4, 0.5) is 0 Å². The summed E-state index contributed by atoms with van der Waals surface area (Å²) in [6, 6.07) is 0.200. The van der Waals surface area contributed by atoms with Crippen LogP contribution in [-0.4, -0.2) is 85.0 Å². The lowest BCUT2D eigenvalue weighted by Crippen LogP contribution is -2.54. The van der Waals surface area contributed by atoms with Gasteiger partial charge in [-0.3, -0.25) is 14.5 Å². The quantitative estimate of drug-likeness (QED) is 0.607. The minimum absolute atomic E-state index is 0.200. The van der Waals surface area contributed by atoms with Crippen LogP contribution in [0.15, 0.2) is 0 Å². The molecule has 0 radical (unpaired) electrons. The van der Waals surface area contributed by atoms with Crippen molar-refractivity contribution in [2.45, 2.75) is 76.7 Å². The Morgan fingerprint density at radius 2 is 1.67 bits per heavy atom. The van der Waals surface area contributed by atoms with Crippen molar-refractivity contribution in [3.8, 4) is 0 Å². The maximum Gasteiger partial charge on any atom is 0.226 e. The summed E-state index contributed by atoms with van der Waals surface area (Å²) in [5.41, 5.74) is 0. The number of carbonyl (C=O) groups excluding carboxylic acids is 2. The maximum absolute atomic E-state index is 13.1. The van der Waals surface area contributed by atoms with E-state index < -0.39 is 0 Å². The van der Waals surface area contributed by atoms with E-state index in [2.05, 4.69) is 14.7 Å². The van der Waals surface area contributed by atoms with E-state index in [0.717, 1.165) is 90.5 Å². The minimum Gasteiger partial charge on any atom is -0.379 e. The Morgan fingerprint density at radius 1 is 0.900 bits per heavy atom. The number of morpholine rings is 1. The highest BCUT2D eigenvalue weighted by Gasteiger charge is 2.38. The molecule has 0 aromatic rings. The highest BCUT2D eigenvalue weighted by atomic mass is 16.5. The SMILES string of the molecule is O=C(CCC1CCCCC1)N1CCCC(N(CCN2CCOCC2)C(=O)C2CC2)C1. The van der Waals surface area contributed by atoms with Crippen molar-refractivity contribution >= 4 is 11.8 Å². The first-order chi connectivity index (χ1) is 14.7. The molecule has 2 amide bonds. The maximum atomic E-state index is 13.1. The highest BCUT2D eigenvalue weighted by molar-refractivity contribution is 5.81. The molecule has 0 N–H and O–H groups in total. The second-order valence-electron chi connectivity index (χ2n) is 9.94. The summed E-state index contributed by atoms with van der Waals surface area (Å²) in [7, 11) is 0. The number of hydrogen-bond acceptors (Lipinski definition) is 4. The first kappa shape index (κ1) is 22.1. The zero-order chi connectivity index (χ0) is 20.8. The Kier molecular flexibility index (Phi) is 8.05. The van der Waals surface area contributed by atoms with Gasteiger partial charge in [0.1, 0.15) is 0 Å². The average Bonchev–Trinajstić information content (AvgIpc) is 3.65. The van der Waals surface area contributed by atoms with Gasteiger partial charge in [-0.15, -0.1) is 0 Å². The highest BCUT2D eigenvalue weighted by Crippen LogP contribution is 2.33. The summed E-state index contributed by atoms with van der Waals surface area (Å²) in [6.45, 7) is 6.84. The molecule has 6 heteroatoms. The van der Waals surface area contributed by atoms with Crippen molar-refractivity contribution in [3.63, 3.8) is 0 Å².